The summed E-state index contributed by atoms with van der Waals surface area (Å²) < 4.78 is 0. The summed E-state index contributed by atoms with van der Waals surface area (Å²) in [6.07, 6.45) is 8.04. The summed E-state index contributed by atoms with van der Waals surface area (Å²) in [7, 11) is 3.50. The maximum atomic E-state index is 11.8. The molecule has 6 nitrogen and oxygen atoms in total. The van der Waals surface area contributed by atoms with Gasteiger partial charge in [-0.05, 0) is 19.8 Å². The quantitative estimate of drug-likeness (QED) is 0.636. The van der Waals surface area contributed by atoms with Gasteiger partial charge in [-0.3, -0.25) is 4.79 Å². The zero-order valence-corrected chi connectivity index (χ0v) is 15.1. The van der Waals surface area contributed by atoms with Gasteiger partial charge in [-0.25, -0.2) is 9.98 Å². The van der Waals surface area contributed by atoms with E-state index in [4.69, 9.17) is 0 Å². The van der Waals surface area contributed by atoms with Crippen LogP contribution in [0.15, 0.2) is 11.2 Å². The molecule has 1 amide bonds. The number of thiazole rings is 1. The standard InChI is InChI=1S/C16H27N5OS/c1-12-9-17-14(23-12)10-18-16(19-11-15(22)21(2)3)20-13-7-5-4-6-8-13/h9,13H,4-8,10-11H2,1-3H3,(H2,18,19,20). The second kappa shape index (κ2) is 8.86. The van der Waals surface area contributed by atoms with Crippen molar-refractivity contribution in [2.75, 3.05) is 20.6 Å². The predicted molar refractivity (Wildman–Crippen MR) is 94.7 cm³/mol. The van der Waals surface area contributed by atoms with E-state index in [1.165, 1.54) is 37.0 Å². The Kier molecular flexibility index (Phi) is 6.83. The van der Waals surface area contributed by atoms with Crippen LogP contribution in [0.3, 0.4) is 0 Å². The SMILES string of the molecule is Cc1cnc(CNC(=NCC(=O)N(C)C)NC2CCCCC2)s1. The number of amides is 1. The average molecular weight is 337 g/mol. The van der Waals surface area contributed by atoms with E-state index in [-0.39, 0.29) is 12.5 Å². The van der Waals surface area contributed by atoms with Crippen LogP contribution in [-0.4, -0.2) is 48.4 Å². The van der Waals surface area contributed by atoms with Crippen LogP contribution >= 0.6 is 11.3 Å². The summed E-state index contributed by atoms with van der Waals surface area (Å²) in [5, 5.41) is 7.81. The van der Waals surface area contributed by atoms with Crippen molar-refractivity contribution in [2.45, 2.75) is 51.6 Å². The second-order valence-electron chi connectivity index (χ2n) is 6.15. The summed E-state index contributed by atoms with van der Waals surface area (Å²) >= 11 is 1.67. The second-order valence-corrected chi connectivity index (χ2v) is 7.47. The third-order valence-electron chi connectivity index (χ3n) is 3.89. The molecular weight excluding hydrogens is 310 g/mol. The van der Waals surface area contributed by atoms with E-state index in [0.717, 1.165) is 5.01 Å². The number of hydrogen-bond donors (Lipinski definition) is 2. The van der Waals surface area contributed by atoms with Crippen LogP contribution in [0.5, 0.6) is 0 Å². The molecule has 0 aliphatic heterocycles. The van der Waals surface area contributed by atoms with Crippen LogP contribution in [0.25, 0.3) is 0 Å². The minimum atomic E-state index is -0.000151. The molecule has 0 saturated heterocycles. The highest BCUT2D eigenvalue weighted by molar-refractivity contribution is 7.11. The predicted octanol–water partition coefficient (Wildman–Crippen LogP) is 1.91. The maximum Gasteiger partial charge on any atom is 0.243 e. The van der Waals surface area contributed by atoms with Gasteiger partial charge in [0.2, 0.25) is 5.91 Å². The molecule has 1 heterocycles. The third-order valence-corrected chi connectivity index (χ3v) is 4.81. The minimum Gasteiger partial charge on any atom is -0.354 e. The highest BCUT2D eigenvalue weighted by Gasteiger charge is 2.15. The average Bonchev–Trinajstić information content (AvgIpc) is 2.96. The Morgan fingerprint density at radius 1 is 1.39 bits per heavy atom. The van der Waals surface area contributed by atoms with Gasteiger partial charge in [0.25, 0.3) is 0 Å². The summed E-state index contributed by atoms with van der Waals surface area (Å²) in [4.78, 5) is 23.3. The molecule has 1 aliphatic carbocycles. The maximum absolute atomic E-state index is 11.8. The number of hydrogen-bond acceptors (Lipinski definition) is 4. The van der Waals surface area contributed by atoms with E-state index < -0.39 is 0 Å². The number of nitrogens with one attached hydrogen (secondary N) is 2. The molecule has 0 radical (unpaired) electrons. The van der Waals surface area contributed by atoms with Gasteiger partial charge in [0.1, 0.15) is 11.6 Å². The van der Waals surface area contributed by atoms with E-state index in [2.05, 4.69) is 20.6 Å². The highest BCUT2D eigenvalue weighted by atomic mass is 32.1. The normalized spacial score (nSPS) is 16.2. The zero-order valence-electron chi connectivity index (χ0n) is 14.3. The van der Waals surface area contributed by atoms with Crippen LogP contribution in [0.1, 0.15) is 42.0 Å². The van der Waals surface area contributed by atoms with E-state index >= 15 is 0 Å². The Morgan fingerprint density at radius 2 is 2.13 bits per heavy atom. The van der Waals surface area contributed by atoms with Gasteiger partial charge in [-0.2, -0.15) is 0 Å². The fourth-order valence-electron chi connectivity index (χ4n) is 2.52. The Balaban J connectivity index is 1.94. The molecule has 23 heavy (non-hydrogen) atoms. The number of likely N-dealkylation sites (N-methyl/N-ethyl adjacent to an activating group) is 1. The first kappa shape index (κ1) is 17.7. The first-order valence-corrected chi connectivity index (χ1v) is 9.02. The number of rotatable bonds is 5. The van der Waals surface area contributed by atoms with Crippen molar-refractivity contribution in [2.24, 2.45) is 4.99 Å². The number of carbonyl (C=O) groups is 1. The zero-order chi connectivity index (χ0) is 16.7. The molecule has 1 fully saturated rings. The summed E-state index contributed by atoms with van der Waals surface area (Å²) in [6, 6.07) is 0.447. The lowest BCUT2D eigenvalue weighted by Gasteiger charge is -2.25. The van der Waals surface area contributed by atoms with E-state index in [1.807, 2.05) is 13.1 Å². The summed E-state index contributed by atoms with van der Waals surface area (Å²) in [5.41, 5.74) is 0. The Morgan fingerprint density at radius 3 is 2.74 bits per heavy atom. The molecule has 2 N–H and O–H groups in total. The number of aryl methyl sites for hydroxylation is 1. The molecule has 0 unspecified atom stereocenters. The lowest BCUT2D eigenvalue weighted by Crippen LogP contribution is -2.44. The molecule has 7 heteroatoms. The lowest BCUT2D eigenvalue weighted by atomic mass is 9.96. The van der Waals surface area contributed by atoms with Crippen molar-refractivity contribution in [1.82, 2.24) is 20.5 Å². The van der Waals surface area contributed by atoms with Crippen molar-refractivity contribution in [3.63, 3.8) is 0 Å². The number of nitrogens with zero attached hydrogens (tertiary/aromatic N) is 3. The molecule has 0 spiro atoms. The first-order chi connectivity index (χ1) is 11.0. The molecule has 1 aromatic rings. The van der Waals surface area contributed by atoms with Gasteiger partial charge in [0, 0.05) is 31.2 Å². The highest BCUT2D eigenvalue weighted by Crippen LogP contribution is 2.17. The van der Waals surface area contributed by atoms with Gasteiger partial charge in [0.05, 0.1) is 6.54 Å². The third kappa shape index (κ3) is 6.17. The molecule has 0 atom stereocenters. The first-order valence-electron chi connectivity index (χ1n) is 8.21. The monoisotopic (exact) mass is 337 g/mol. The molecule has 0 aromatic carbocycles. The Bertz CT molecular complexity index is 534. The summed E-state index contributed by atoms with van der Waals surface area (Å²) in [6.45, 7) is 2.84. The van der Waals surface area contributed by atoms with Gasteiger partial charge in [-0.15, -0.1) is 11.3 Å². The van der Waals surface area contributed by atoms with Gasteiger partial charge < -0.3 is 15.5 Å². The van der Waals surface area contributed by atoms with Crippen LogP contribution in [0.2, 0.25) is 0 Å². The lowest BCUT2D eigenvalue weighted by molar-refractivity contribution is -0.127. The number of aromatic nitrogens is 1. The van der Waals surface area contributed by atoms with Crippen LogP contribution in [0.4, 0.5) is 0 Å². The van der Waals surface area contributed by atoms with Crippen molar-refractivity contribution in [3.05, 3.63) is 16.1 Å². The van der Waals surface area contributed by atoms with Gasteiger partial charge in [0.15, 0.2) is 5.96 Å². The van der Waals surface area contributed by atoms with E-state index in [9.17, 15) is 4.79 Å². The molecule has 128 valence electrons. The van der Waals surface area contributed by atoms with Crippen molar-refractivity contribution in [1.29, 1.82) is 0 Å². The Labute approximate surface area is 142 Å². The Hall–Kier alpha value is -1.63. The number of guanidine groups is 1. The topological polar surface area (TPSA) is 69.6 Å². The number of carbonyl (C=O) groups excluding carboxylic acids is 1. The molecule has 1 aliphatic rings. The number of aliphatic imine (C=N–C) groups is 1. The van der Waals surface area contributed by atoms with Crippen LogP contribution in [0, 0.1) is 6.92 Å². The van der Waals surface area contributed by atoms with Crippen LogP contribution < -0.4 is 10.6 Å². The minimum absolute atomic E-state index is 0.000151. The summed E-state index contributed by atoms with van der Waals surface area (Å²) in [5.74, 6) is 0.708. The molecule has 2 rings (SSSR count). The fraction of sp³-hybridized carbons (Fsp3) is 0.688. The van der Waals surface area contributed by atoms with Gasteiger partial charge >= 0.3 is 0 Å². The molecule has 1 aromatic heterocycles. The van der Waals surface area contributed by atoms with E-state index in [1.54, 1.807) is 30.3 Å². The fourth-order valence-corrected chi connectivity index (χ4v) is 3.25. The molecular formula is C16H27N5OS. The largest absolute Gasteiger partial charge is 0.354 e. The van der Waals surface area contributed by atoms with Gasteiger partial charge in [-0.1, -0.05) is 19.3 Å². The van der Waals surface area contributed by atoms with E-state index in [0.29, 0.717) is 18.5 Å². The van der Waals surface area contributed by atoms with Crippen LogP contribution in [-0.2, 0) is 11.3 Å². The molecule has 1 saturated carbocycles. The van der Waals surface area contributed by atoms with Crippen molar-refractivity contribution < 1.29 is 4.79 Å². The van der Waals surface area contributed by atoms with Crippen molar-refractivity contribution >= 4 is 23.2 Å². The smallest absolute Gasteiger partial charge is 0.243 e. The molecule has 0 bridgehead atoms. The van der Waals surface area contributed by atoms with Crippen molar-refractivity contribution in [3.8, 4) is 0 Å².